The van der Waals surface area contributed by atoms with Crippen molar-refractivity contribution in [2.24, 2.45) is 0 Å². The predicted octanol–water partition coefficient (Wildman–Crippen LogP) is 3.50. The number of diazo groups is 1. The van der Waals surface area contributed by atoms with Crippen LogP contribution in [-0.4, -0.2) is 9.67 Å². The summed E-state index contributed by atoms with van der Waals surface area (Å²) in [6, 6.07) is 5.18. The van der Waals surface area contributed by atoms with Gasteiger partial charge in [0.15, 0.2) is 4.98 Å². The van der Waals surface area contributed by atoms with Crippen molar-refractivity contribution >= 4 is 28.2 Å². The standard InChI is InChI=1S/C10H8ClN3O/c1-2-14-8-4-3-6(11)5-7(8)9(13-12)10(14)15/h3-5H,2H2,1H3/p+1. The molecule has 0 spiro atoms. The lowest BCUT2D eigenvalue weighted by molar-refractivity contribution is 0.428. The lowest BCUT2D eigenvalue weighted by Gasteiger charge is -1.99. The molecule has 0 saturated carbocycles. The van der Waals surface area contributed by atoms with Crippen LogP contribution in [-0.2, 0) is 6.54 Å². The smallest absolute Gasteiger partial charge is 0.453 e. The van der Waals surface area contributed by atoms with E-state index in [-0.39, 0.29) is 11.6 Å². The highest BCUT2D eigenvalue weighted by Crippen LogP contribution is 2.39. The number of hydrogen-bond donors (Lipinski definition) is 1. The fourth-order valence-corrected chi connectivity index (χ4v) is 1.89. The summed E-state index contributed by atoms with van der Waals surface area (Å²) >= 11 is 5.84. The van der Waals surface area contributed by atoms with Crippen molar-refractivity contribution in [1.82, 2.24) is 4.57 Å². The Morgan fingerprint density at radius 3 is 2.87 bits per heavy atom. The maximum absolute atomic E-state index is 9.77. The quantitative estimate of drug-likeness (QED) is 0.751. The normalized spacial score (nSPS) is 10.5. The molecule has 0 unspecified atom stereocenters. The highest BCUT2D eigenvalue weighted by atomic mass is 35.5. The number of aromatic hydroxyl groups is 1. The Kier molecular flexibility index (Phi) is 2.25. The summed E-state index contributed by atoms with van der Waals surface area (Å²) in [5.41, 5.74) is 0.960. The van der Waals surface area contributed by atoms with Crippen LogP contribution < -0.4 is 0 Å². The maximum Gasteiger partial charge on any atom is 0.453 e. The Hall–Kier alpha value is -1.73. The average molecular weight is 223 g/mol. The molecule has 4 nitrogen and oxygen atoms in total. The van der Waals surface area contributed by atoms with Gasteiger partial charge in [-0.2, -0.15) is 0 Å². The highest BCUT2D eigenvalue weighted by molar-refractivity contribution is 6.31. The number of halogens is 1. The molecule has 1 aromatic carbocycles. The summed E-state index contributed by atoms with van der Waals surface area (Å²) < 4.78 is 1.65. The molecule has 76 valence electrons. The summed E-state index contributed by atoms with van der Waals surface area (Å²) in [6.45, 7) is 2.49. The number of fused-ring (bicyclic) bond motifs is 1. The molecule has 0 bridgehead atoms. The molecule has 0 atom stereocenters. The summed E-state index contributed by atoms with van der Waals surface area (Å²) in [5, 5.41) is 19.8. The van der Waals surface area contributed by atoms with Gasteiger partial charge in [0, 0.05) is 11.6 Å². The molecule has 2 rings (SSSR count). The molecule has 0 aliphatic heterocycles. The number of rotatable bonds is 1. The third kappa shape index (κ3) is 1.32. The van der Waals surface area contributed by atoms with Crippen LogP contribution in [0.15, 0.2) is 18.2 Å². The average Bonchev–Trinajstić information content (AvgIpc) is 2.48. The van der Waals surface area contributed by atoms with Crippen molar-refractivity contribution < 1.29 is 5.11 Å². The first kappa shape index (κ1) is 9.81. The summed E-state index contributed by atoms with van der Waals surface area (Å²) in [5.74, 6) is -0.0442. The van der Waals surface area contributed by atoms with E-state index in [1.165, 1.54) is 0 Å². The molecule has 0 saturated heterocycles. The van der Waals surface area contributed by atoms with Crippen LogP contribution in [0, 0.1) is 5.39 Å². The first-order valence-electron chi connectivity index (χ1n) is 4.54. The summed E-state index contributed by atoms with van der Waals surface area (Å²) in [4.78, 5) is 3.08. The van der Waals surface area contributed by atoms with Crippen LogP contribution >= 0.6 is 11.6 Å². The van der Waals surface area contributed by atoms with Gasteiger partial charge in [-0.15, -0.1) is 0 Å². The maximum atomic E-state index is 9.77. The number of nitrogens with zero attached hydrogens (tertiary/aromatic N) is 3. The van der Waals surface area contributed by atoms with Crippen molar-refractivity contribution in [2.45, 2.75) is 13.5 Å². The van der Waals surface area contributed by atoms with E-state index in [4.69, 9.17) is 17.0 Å². The van der Waals surface area contributed by atoms with Gasteiger partial charge in [0.1, 0.15) is 5.39 Å². The van der Waals surface area contributed by atoms with E-state index in [9.17, 15) is 5.11 Å². The molecule has 0 aliphatic carbocycles. The zero-order valence-corrected chi connectivity index (χ0v) is 8.86. The molecule has 0 radical (unpaired) electrons. The van der Waals surface area contributed by atoms with E-state index in [2.05, 4.69) is 4.98 Å². The predicted molar refractivity (Wildman–Crippen MR) is 59.0 cm³/mol. The van der Waals surface area contributed by atoms with Gasteiger partial charge in [0.25, 0.3) is 5.88 Å². The molecule has 2 aromatic rings. The summed E-state index contributed by atoms with van der Waals surface area (Å²) in [7, 11) is 0. The van der Waals surface area contributed by atoms with Crippen LogP contribution in [0.2, 0.25) is 5.02 Å². The van der Waals surface area contributed by atoms with E-state index >= 15 is 0 Å². The van der Waals surface area contributed by atoms with Crippen LogP contribution in [0.5, 0.6) is 5.88 Å². The van der Waals surface area contributed by atoms with Crippen molar-refractivity contribution in [3.05, 3.63) is 28.2 Å². The third-order valence-corrected chi connectivity index (χ3v) is 2.62. The fraction of sp³-hybridized carbons (Fsp3) is 0.200. The first-order valence-corrected chi connectivity index (χ1v) is 4.92. The van der Waals surface area contributed by atoms with Crippen LogP contribution in [0.25, 0.3) is 15.9 Å². The minimum absolute atomic E-state index is 0.0442. The number of aryl methyl sites for hydroxylation is 1. The lowest BCUT2D eigenvalue weighted by Crippen LogP contribution is -1.91. The zero-order chi connectivity index (χ0) is 11.0. The molecular formula is C10H9ClN3O+. The van der Waals surface area contributed by atoms with E-state index in [0.29, 0.717) is 17.0 Å². The summed E-state index contributed by atoms with van der Waals surface area (Å²) in [6.07, 6.45) is 0. The third-order valence-electron chi connectivity index (χ3n) is 2.39. The van der Waals surface area contributed by atoms with E-state index in [1.807, 2.05) is 6.92 Å². The Bertz CT molecular complexity index is 568. The molecule has 15 heavy (non-hydrogen) atoms. The second kappa shape index (κ2) is 3.44. The molecule has 1 heterocycles. The Morgan fingerprint density at radius 2 is 2.27 bits per heavy atom. The van der Waals surface area contributed by atoms with Crippen LogP contribution in [0.1, 0.15) is 6.92 Å². The van der Waals surface area contributed by atoms with Gasteiger partial charge in [-0.3, -0.25) is 0 Å². The molecule has 0 fully saturated rings. The molecule has 5 heteroatoms. The van der Waals surface area contributed by atoms with Crippen molar-refractivity contribution in [2.75, 3.05) is 0 Å². The topological polar surface area (TPSA) is 53.3 Å². The van der Waals surface area contributed by atoms with Crippen molar-refractivity contribution in [3.8, 4) is 5.88 Å². The van der Waals surface area contributed by atoms with Gasteiger partial charge >= 0.3 is 5.69 Å². The number of hydrogen-bond acceptors (Lipinski definition) is 2. The van der Waals surface area contributed by atoms with Gasteiger partial charge in [-0.1, -0.05) is 11.6 Å². The number of benzene rings is 1. The van der Waals surface area contributed by atoms with Gasteiger partial charge in [-0.25, -0.2) is 0 Å². The molecule has 1 N–H and O–H groups in total. The fourth-order valence-electron chi connectivity index (χ4n) is 1.71. The monoisotopic (exact) mass is 222 g/mol. The minimum Gasteiger partial charge on any atom is -0.489 e. The van der Waals surface area contributed by atoms with E-state index in [0.717, 1.165) is 5.52 Å². The second-order valence-electron chi connectivity index (χ2n) is 3.18. The van der Waals surface area contributed by atoms with Gasteiger partial charge in [-0.05, 0) is 25.1 Å². The minimum atomic E-state index is -0.0442. The number of aromatic nitrogens is 1. The Morgan fingerprint density at radius 1 is 1.53 bits per heavy atom. The molecule has 0 amide bonds. The largest absolute Gasteiger partial charge is 0.489 e. The molecular weight excluding hydrogens is 214 g/mol. The van der Waals surface area contributed by atoms with E-state index < -0.39 is 0 Å². The molecule has 1 aromatic heterocycles. The first-order chi connectivity index (χ1) is 7.19. The Labute approximate surface area is 91.3 Å². The van der Waals surface area contributed by atoms with Gasteiger partial charge in [0.05, 0.1) is 5.52 Å². The SMILES string of the molecule is CCn1c(O)c([N+]#N)c2cc(Cl)ccc21. The van der Waals surface area contributed by atoms with Crippen molar-refractivity contribution in [3.63, 3.8) is 0 Å². The van der Waals surface area contributed by atoms with Gasteiger partial charge < -0.3 is 9.67 Å². The van der Waals surface area contributed by atoms with E-state index in [1.54, 1.807) is 22.8 Å². The lowest BCUT2D eigenvalue weighted by atomic mass is 10.2. The van der Waals surface area contributed by atoms with Gasteiger partial charge in [0.2, 0.25) is 5.39 Å². The Balaban J connectivity index is 2.93. The van der Waals surface area contributed by atoms with Crippen molar-refractivity contribution in [1.29, 1.82) is 5.39 Å². The van der Waals surface area contributed by atoms with Crippen LogP contribution in [0.4, 0.5) is 5.69 Å². The molecule has 0 aliphatic rings. The highest BCUT2D eigenvalue weighted by Gasteiger charge is 2.25. The zero-order valence-electron chi connectivity index (χ0n) is 8.11. The second-order valence-corrected chi connectivity index (χ2v) is 3.61. The van der Waals surface area contributed by atoms with Crippen LogP contribution in [0.3, 0.4) is 0 Å².